The predicted molar refractivity (Wildman–Crippen MR) is 26.0 cm³/mol. The fourth-order valence-electron chi connectivity index (χ4n) is 0. The first kappa shape index (κ1) is 23.5. The number of nitrogens with zero attached hydrogens (tertiary/aromatic N) is 2. The molecular formula is C2Li2N2S2. The second kappa shape index (κ2) is 48.7. The third-order valence-corrected chi connectivity index (χ3v) is 0. The van der Waals surface area contributed by atoms with Crippen LogP contribution in [0.15, 0.2) is 0 Å². The van der Waals surface area contributed by atoms with E-state index in [1.165, 1.54) is 10.8 Å². The Labute approximate surface area is 83.8 Å². The molecular weight excluding hydrogens is 130 g/mol. The van der Waals surface area contributed by atoms with Gasteiger partial charge in [-0.2, -0.15) is 0 Å². The maximum atomic E-state index is 7.13. The van der Waals surface area contributed by atoms with Crippen LogP contribution in [0, 0.1) is 21.3 Å². The monoisotopic (exact) mass is 130 g/mol. The Morgan fingerprint density at radius 3 is 0.875 bits per heavy atom. The van der Waals surface area contributed by atoms with E-state index >= 15 is 0 Å². The number of rotatable bonds is 0. The summed E-state index contributed by atoms with van der Waals surface area (Å²) in [6, 6.07) is 0. The van der Waals surface area contributed by atoms with Gasteiger partial charge in [-0.15, -0.1) is 0 Å². The van der Waals surface area contributed by atoms with Gasteiger partial charge in [0.05, 0.1) is 0 Å². The van der Waals surface area contributed by atoms with Gasteiger partial charge >= 0.3 is 37.7 Å². The molecule has 0 spiro atoms. The van der Waals surface area contributed by atoms with Crippen molar-refractivity contribution in [3.8, 4) is 10.8 Å². The van der Waals surface area contributed by atoms with Crippen molar-refractivity contribution < 1.29 is 37.7 Å². The summed E-state index contributed by atoms with van der Waals surface area (Å²) < 4.78 is 0. The molecule has 0 aliphatic heterocycles. The van der Waals surface area contributed by atoms with Crippen molar-refractivity contribution in [2.45, 2.75) is 0 Å². The van der Waals surface area contributed by atoms with Gasteiger partial charge in [0.25, 0.3) is 0 Å². The SMILES string of the molecule is N#C[S-].N#C[S-].[Li+].[Li+]. The van der Waals surface area contributed by atoms with Crippen LogP contribution in [0.3, 0.4) is 0 Å². The van der Waals surface area contributed by atoms with Crippen LogP contribution in [0.1, 0.15) is 0 Å². The van der Waals surface area contributed by atoms with E-state index in [2.05, 4.69) is 25.3 Å². The molecule has 0 aromatic carbocycles. The fraction of sp³-hybridized carbons (Fsp3) is 0. The van der Waals surface area contributed by atoms with E-state index in [0.29, 0.717) is 0 Å². The first-order chi connectivity index (χ1) is 2.83. The molecule has 0 unspecified atom stereocenters. The van der Waals surface area contributed by atoms with Gasteiger partial charge in [0, 0.05) is 0 Å². The van der Waals surface area contributed by atoms with Crippen molar-refractivity contribution in [1.82, 2.24) is 0 Å². The van der Waals surface area contributed by atoms with E-state index in [1.54, 1.807) is 0 Å². The van der Waals surface area contributed by atoms with Gasteiger partial charge in [0.15, 0.2) is 0 Å². The maximum Gasteiger partial charge on any atom is 1.00 e. The first-order valence-corrected chi connectivity index (χ1v) is 1.67. The topological polar surface area (TPSA) is 47.6 Å². The summed E-state index contributed by atoms with van der Waals surface area (Å²) in [5.41, 5.74) is 0. The van der Waals surface area contributed by atoms with Crippen LogP contribution in [0.2, 0.25) is 0 Å². The Hall–Kier alpha value is 0.615. The van der Waals surface area contributed by atoms with Crippen molar-refractivity contribution in [3.63, 3.8) is 0 Å². The van der Waals surface area contributed by atoms with Crippen LogP contribution in [-0.2, 0) is 25.3 Å². The second-order valence-corrected chi connectivity index (χ2v) is 0.548. The average Bonchev–Trinajstić information content (AvgIpc) is 1.39. The van der Waals surface area contributed by atoms with Crippen LogP contribution in [0.25, 0.3) is 0 Å². The van der Waals surface area contributed by atoms with Crippen molar-refractivity contribution >= 4 is 25.3 Å². The molecule has 8 heavy (non-hydrogen) atoms. The van der Waals surface area contributed by atoms with Gasteiger partial charge in [0.2, 0.25) is 0 Å². The molecule has 32 valence electrons. The number of thiocyanates is 2. The minimum atomic E-state index is 0. The van der Waals surface area contributed by atoms with Gasteiger partial charge < -0.3 is 25.3 Å². The van der Waals surface area contributed by atoms with Crippen LogP contribution < -0.4 is 37.7 Å². The van der Waals surface area contributed by atoms with Crippen molar-refractivity contribution in [3.05, 3.63) is 0 Å². The zero-order valence-electron chi connectivity index (χ0n) is 4.71. The zero-order valence-corrected chi connectivity index (χ0v) is 6.34. The smallest absolute Gasteiger partial charge is 0.696 e. The number of nitriles is 2. The minimum Gasteiger partial charge on any atom is -0.696 e. The molecule has 0 radical (unpaired) electrons. The maximum absolute atomic E-state index is 7.13. The van der Waals surface area contributed by atoms with Crippen LogP contribution >= 0.6 is 0 Å². The van der Waals surface area contributed by atoms with Gasteiger partial charge in [-0.05, 0) is 0 Å². The molecule has 0 aliphatic carbocycles. The predicted octanol–water partition coefficient (Wildman–Crippen LogP) is -5.96. The van der Waals surface area contributed by atoms with Gasteiger partial charge in [-0.3, -0.25) is 0 Å². The van der Waals surface area contributed by atoms with Crippen molar-refractivity contribution in [2.75, 3.05) is 0 Å². The zero-order chi connectivity index (χ0) is 5.41. The standard InChI is InChI=1S/2CHNS.2Li/c2*2-1-3;;/h2*3H;;/q;;2*+1/p-2. The van der Waals surface area contributed by atoms with E-state index in [-0.39, 0.29) is 37.7 Å². The van der Waals surface area contributed by atoms with Crippen LogP contribution in [0.4, 0.5) is 0 Å². The average molecular weight is 130 g/mol. The molecule has 0 saturated carbocycles. The summed E-state index contributed by atoms with van der Waals surface area (Å²) in [4.78, 5) is 0. The molecule has 6 heteroatoms. The fourth-order valence-corrected chi connectivity index (χ4v) is 0. The Bertz CT molecular complexity index is 71.0. The molecule has 2 nitrogen and oxygen atoms in total. The molecule has 0 saturated heterocycles. The molecule has 0 bridgehead atoms. The molecule has 0 heterocycles. The molecule has 0 fully saturated rings. The molecule has 0 amide bonds. The Balaban J connectivity index is -0.0000000160. The van der Waals surface area contributed by atoms with E-state index < -0.39 is 0 Å². The van der Waals surface area contributed by atoms with Gasteiger partial charge in [0.1, 0.15) is 0 Å². The molecule has 0 aliphatic rings. The van der Waals surface area contributed by atoms with Crippen LogP contribution in [-0.4, -0.2) is 0 Å². The summed E-state index contributed by atoms with van der Waals surface area (Å²) in [5.74, 6) is 0. The molecule has 0 aromatic rings. The Morgan fingerprint density at radius 1 is 0.875 bits per heavy atom. The van der Waals surface area contributed by atoms with E-state index in [0.717, 1.165) is 0 Å². The third-order valence-electron chi connectivity index (χ3n) is 0. The minimum absolute atomic E-state index is 0. The van der Waals surface area contributed by atoms with Gasteiger partial charge in [-0.25, -0.2) is 10.5 Å². The largest absolute Gasteiger partial charge is 1.00 e. The molecule has 0 aromatic heterocycles. The summed E-state index contributed by atoms with van der Waals surface area (Å²) in [5, 5.41) is 16.9. The summed E-state index contributed by atoms with van der Waals surface area (Å²) >= 11 is 7.40. The second-order valence-electron chi connectivity index (χ2n) is 0.183. The summed E-state index contributed by atoms with van der Waals surface area (Å²) in [7, 11) is 0. The van der Waals surface area contributed by atoms with Crippen molar-refractivity contribution in [2.24, 2.45) is 0 Å². The normalized spacial score (nSPS) is 1.75. The first-order valence-electron chi connectivity index (χ1n) is 0.855. The quantitative estimate of drug-likeness (QED) is 0.186. The third kappa shape index (κ3) is 552. The van der Waals surface area contributed by atoms with Crippen molar-refractivity contribution in [1.29, 1.82) is 10.5 Å². The van der Waals surface area contributed by atoms with E-state index in [9.17, 15) is 0 Å². The van der Waals surface area contributed by atoms with E-state index in [4.69, 9.17) is 10.5 Å². The Kier molecular flexibility index (Phi) is 143. The Morgan fingerprint density at radius 2 is 0.875 bits per heavy atom. The summed E-state index contributed by atoms with van der Waals surface area (Å²) in [6.07, 6.45) is 0. The van der Waals surface area contributed by atoms with Gasteiger partial charge in [-0.1, -0.05) is 10.8 Å². The number of hydrogen-bond donors (Lipinski definition) is 0. The number of hydrogen-bond acceptors (Lipinski definition) is 4. The molecule has 0 rings (SSSR count). The van der Waals surface area contributed by atoms with Crippen LogP contribution in [0.5, 0.6) is 0 Å². The molecule has 0 atom stereocenters. The van der Waals surface area contributed by atoms with E-state index in [1.807, 2.05) is 0 Å². The summed E-state index contributed by atoms with van der Waals surface area (Å²) in [6.45, 7) is 0. The molecule has 0 N–H and O–H groups in total.